The predicted octanol–water partition coefficient (Wildman–Crippen LogP) is 5.98. The third-order valence-electron chi connectivity index (χ3n) is 9.22. The van der Waals surface area contributed by atoms with Crippen LogP contribution in [0.15, 0.2) is 12.7 Å². The lowest BCUT2D eigenvalue weighted by Gasteiger charge is -2.46. The second kappa shape index (κ2) is 19.6. The van der Waals surface area contributed by atoms with Crippen LogP contribution in [0.3, 0.4) is 0 Å². The highest BCUT2D eigenvalue weighted by molar-refractivity contribution is 5.81. The van der Waals surface area contributed by atoms with E-state index in [-0.39, 0.29) is 60.2 Å². The van der Waals surface area contributed by atoms with Crippen LogP contribution < -0.4 is 21.3 Å². The maximum Gasteiger partial charge on any atom is 0.407 e. The van der Waals surface area contributed by atoms with Gasteiger partial charge in [0.15, 0.2) is 0 Å². The van der Waals surface area contributed by atoms with Gasteiger partial charge in [0, 0.05) is 31.2 Å². The number of alkyl carbamates (subject to hydrolysis) is 4. The van der Waals surface area contributed by atoms with E-state index >= 15 is 0 Å². The molecule has 0 aliphatic heterocycles. The van der Waals surface area contributed by atoms with Gasteiger partial charge in [-0.25, -0.2) is 24.0 Å². The number of esters is 1. The zero-order valence-electron chi connectivity index (χ0n) is 31.3. The first-order valence-electron chi connectivity index (χ1n) is 17.8. The normalized spacial score (nSPS) is 25.2. The smallest absolute Gasteiger partial charge is 0.407 e. The van der Waals surface area contributed by atoms with Gasteiger partial charge in [-0.2, -0.15) is 0 Å². The van der Waals surface area contributed by atoms with Crippen LogP contribution in [0.5, 0.6) is 0 Å². The molecule has 4 N–H and O–H groups in total. The molecule has 0 aromatic heterocycles. The van der Waals surface area contributed by atoms with E-state index in [9.17, 15) is 24.0 Å². The third-order valence-corrected chi connectivity index (χ3v) is 9.22. The molecule has 2 rings (SSSR count). The summed E-state index contributed by atoms with van der Waals surface area (Å²) in [6.45, 7) is 17.8. The average molecular weight is 711 g/mol. The Morgan fingerprint density at radius 2 is 0.980 bits per heavy atom. The number of unbranched alkanes of at least 4 members (excludes halogenated alkanes) is 2. The number of methoxy groups -OCH3 is 1. The largest absolute Gasteiger partial charge is 0.463 e. The zero-order valence-corrected chi connectivity index (χ0v) is 31.3. The highest BCUT2D eigenvalue weighted by Crippen LogP contribution is 2.47. The van der Waals surface area contributed by atoms with E-state index in [1.165, 1.54) is 7.11 Å². The molecule has 2 saturated carbocycles. The standard InChI is InChI=1S/C36H62N4O10/c1-9-28(41)47-14-10-11-16-49-31(44)40-27-19-34(4,5)23-36(7,21-27)25-38-30(43)48-15-12-13-17-50-32(45)39-26-18-33(2,3)22-35(6,20-26)24-37-29(42)46-8/h9,26-27H,1,10-25H2,2-8H3,(H,37,42)(H,38,43)(H,39,45)(H,40,44). The number of nitrogens with one attached hydrogen (secondary N) is 4. The number of ether oxygens (including phenoxy) is 5. The van der Waals surface area contributed by atoms with Crippen LogP contribution in [0.1, 0.15) is 106 Å². The molecular weight excluding hydrogens is 648 g/mol. The van der Waals surface area contributed by atoms with Gasteiger partial charge in [-0.15, -0.1) is 0 Å². The topological polar surface area (TPSA) is 180 Å². The van der Waals surface area contributed by atoms with Gasteiger partial charge in [-0.05, 0) is 85.9 Å². The lowest BCUT2D eigenvalue weighted by molar-refractivity contribution is -0.137. The van der Waals surface area contributed by atoms with Crippen molar-refractivity contribution in [1.82, 2.24) is 21.3 Å². The van der Waals surface area contributed by atoms with Crippen molar-refractivity contribution >= 4 is 30.3 Å². The second-order valence-corrected chi connectivity index (χ2v) is 16.2. The molecule has 0 heterocycles. The van der Waals surface area contributed by atoms with Crippen LogP contribution in [0.2, 0.25) is 0 Å². The molecule has 0 radical (unpaired) electrons. The number of carbonyl (C=O) groups is 5. The average Bonchev–Trinajstić information content (AvgIpc) is 3.00. The molecule has 0 saturated heterocycles. The van der Waals surface area contributed by atoms with Gasteiger partial charge in [0.2, 0.25) is 0 Å². The molecule has 2 aliphatic carbocycles. The van der Waals surface area contributed by atoms with Crippen molar-refractivity contribution in [3.05, 3.63) is 12.7 Å². The molecule has 0 bridgehead atoms. The molecule has 2 aliphatic rings. The van der Waals surface area contributed by atoms with Crippen molar-refractivity contribution in [3.63, 3.8) is 0 Å². The second-order valence-electron chi connectivity index (χ2n) is 16.2. The molecule has 2 fully saturated rings. The van der Waals surface area contributed by atoms with Crippen molar-refractivity contribution in [2.24, 2.45) is 21.7 Å². The predicted molar refractivity (Wildman–Crippen MR) is 187 cm³/mol. The molecule has 0 spiro atoms. The number of rotatable bonds is 17. The Morgan fingerprint density at radius 1 is 0.600 bits per heavy atom. The molecule has 0 aromatic rings. The molecule has 50 heavy (non-hydrogen) atoms. The van der Waals surface area contributed by atoms with Crippen LogP contribution in [0.25, 0.3) is 0 Å². The molecule has 4 amide bonds. The maximum atomic E-state index is 12.5. The van der Waals surface area contributed by atoms with E-state index < -0.39 is 30.3 Å². The van der Waals surface area contributed by atoms with Crippen molar-refractivity contribution < 1.29 is 47.7 Å². The number of amides is 4. The Bertz CT molecular complexity index is 1160. The van der Waals surface area contributed by atoms with E-state index in [2.05, 4.69) is 69.4 Å². The van der Waals surface area contributed by atoms with Crippen molar-refractivity contribution in [2.75, 3.05) is 46.6 Å². The maximum absolute atomic E-state index is 12.5. The summed E-state index contributed by atoms with van der Waals surface area (Å²) in [4.78, 5) is 60.1. The van der Waals surface area contributed by atoms with Gasteiger partial charge in [0.1, 0.15) is 0 Å². The van der Waals surface area contributed by atoms with E-state index in [4.69, 9.17) is 23.7 Å². The summed E-state index contributed by atoms with van der Waals surface area (Å²) in [6, 6.07) is -0.199. The summed E-state index contributed by atoms with van der Waals surface area (Å²) in [7, 11) is 1.33. The minimum absolute atomic E-state index is 0.0227. The van der Waals surface area contributed by atoms with E-state index in [0.29, 0.717) is 51.6 Å². The van der Waals surface area contributed by atoms with Crippen molar-refractivity contribution in [3.8, 4) is 0 Å². The van der Waals surface area contributed by atoms with Crippen LogP contribution in [-0.4, -0.2) is 89.1 Å². The quantitative estimate of drug-likeness (QED) is 0.0607. The fourth-order valence-electron chi connectivity index (χ4n) is 7.99. The lowest BCUT2D eigenvalue weighted by Crippen LogP contribution is -2.50. The Labute approximate surface area is 297 Å². The van der Waals surface area contributed by atoms with Crippen LogP contribution >= 0.6 is 0 Å². The van der Waals surface area contributed by atoms with Gasteiger partial charge in [0.25, 0.3) is 0 Å². The summed E-state index contributed by atoms with van der Waals surface area (Å²) in [5.41, 5.74) is -0.550. The Hall–Kier alpha value is -3.71. The van der Waals surface area contributed by atoms with Gasteiger partial charge < -0.3 is 45.0 Å². The van der Waals surface area contributed by atoms with E-state index in [1.54, 1.807) is 0 Å². The minimum Gasteiger partial charge on any atom is -0.463 e. The minimum atomic E-state index is -0.513. The number of carbonyl (C=O) groups excluding carboxylic acids is 5. The summed E-state index contributed by atoms with van der Waals surface area (Å²) in [5.74, 6) is -0.476. The molecule has 14 heteroatoms. The Balaban J connectivity index is 1.64. The van der Waals surface area contributed by atoms with E-state index in [1.807, 2.05) is 0 Å². The SMILES string of the molecule is C=CC(=O)OCCCCOC(=O)NC1CC(C)(C)CC(C)(CNC(=O)OCCCCOC(=O)NC2CC(C)(C)CC(C)(CNC(=O)OC)C2)C1. The van der Waals surface area contributed by atoms with Gasteiger partial charge in [0.05, 0.1) is 33.5 Å². The highest BCUT2D eigenvalue weighted by atomic mass is 16.6. The molecule has 286 valence electrons. The zero-order chi connectivity index (χ0) is 37.4. The summed E-state index contributed by atoms with van der Waals surface area (Å²) >= 11 is 0. The van der Waals surface area contributed by atoms with Crippen LogP contribution in [-0.2, 0) is 28.5 Å². The number of hydrogen-bond acceptors (Lipinski definition) is 10. The van der Waals surface area contributed by atoms with Crippen molar-refractivity contribution in [1.29, 1.82) is 0 Å². The fourth-order valence-corrected chi connectivity index (χ4v) is 7.99. The first-order chi connectivity index (χ1) is 23.4. The summed E-state index contributed by atoms with van der Waals surface area (Å²) in [6.07, 6.45) is 6.09. The monoisotopic (exact) mass is 710 g/mol. The third kappa shape index (κ3) is 16.8. The molecule has 14 nitrogen and oxygen atoms in total. The van der Waals surface area contributed by atoms with E-state index in [0.717, 1.165) is 31.8 Å². The Kier molecular flexibility index (Phi) is 16.7. The van der Waals surface area contributed by atoms with Gasteiger partial charge in [-0.3, -0.25) is 0 Å². The van der Waals surface area contributed by atoms with Crippen LogP contribution in [0, 0.1) is 21.7 Å². The van der Waals surface area contributed by atoms with Crippen molar-refractivity contribution in [2.45, 2.75) is 118 Å². The molecule has 4 unspecified atom stereocenters. The highest BCUT2D eigenvalue weighted by Gasteiger charge is 2.43. The molecular formula is C36H62N4O10. The number of hydrogen-bond donors (Lipinski definition) is 4. The summed E-state index contributed by atoms with van der Waals surface area (Å²) in [5, 5.41) is 11.6. The van der Waals surface area contributed by atoms with Gasteiger partial charge in [-0.1, -0.05) is 48.1 Å². The molecule has 4 atom stereocenters. The Morgan fingerprint density at radius 3 is 1.38 bits per heavy atom. The molecule has 0 aromatic carbocycles. The first-order valence-corrected chi connectivity index (χ1v) is 17.8. The van der Waals surface area contributed by atoms with Crippen LogP contribution in [0.4, 0.5) is 19.2 Å². The van der Waals surface area contributed by atoms with Gasteiger partial charge >= 0.3 is 30.3 Å². The lowest BCUT2D eigenvalue weighted by atomic mass is 9.62. The first kappa shape index (κ1) is 42.5. The summed E-state index contributed by atoms with van der Waals surface area (Å²) < 4.78 is 25.7. The fraction of sp³-hybridized carbons (Fsp3) is 0.806.